The summed E-state index contributed by atoms with van der Waals surface area (Å²) < 4.78 is 0. The zero-order valence-corrected chi connectivity index (χ0v) is 10.1. The highest BCUT2D eigenvalue weighted by Crippen LogP contribution is 2.14. The third kappa shape index (κ3) is 3.68. The van der Waals surface area contributed by atoms with Crippen LogP contribution in [-0.2, 0) is 0 Å². The van der Waals surface area contributed by atoms with Gasteiger partial charge in [-0.05, 0) is 12.3 Å². The maximum Gasteiger partial charge on any atom is 0.182 e. The third-order valence-electron chi connectivity index (χ3n) is 3.00. The van der Waals surface area contributed by atoms with Gasteiger partial charge < -0.3 is 10.7 Å². The molecule has 1 atom stereocenters. The number of Topliss-reactive ketones (excluding diaryl/α,β-unsaturated/α-hetero) is 1. The zero-order valence-electron chi connectivity index (χ0n) is 10.1. The van der Waals surface area contributed by atoms with Crippen LogP contribution in [0.2, 0.25) is 0 Å². The molecule has 0 amide bonds. The third-order valence-corrected chi connectivity index (χ3v) is 3.00. The summed E-state index contributed by atoms with van der Waals surface area (Å²) in [6.07, 6.45) is 6.46. The van der Waals surface area contributed by atoms with Crippen molar-refractivity contribution in [3.05, 3.63) is 12.0 Å². The van der Waals surface area contributed by atoms with E-state index in [1.54, 1.807) is 0 Å². The smallest absolute Gasteiger partial charge is 0.182 e. The number of H-pyrrole nitrogens is 1. The van der Waals surface area contributed by atoms with Gasteiger partial charge in [-0.1, -0.05) is 33.1 Å². The summed E-state index contributed by atoms with van der Waals surface area (Å²) in [5.41, 5.74) is 6.01. The van der Waals surface area contributed by atoms with Crippen molar-refractivity contribution in [1.29, 1.82) is 0 Å². The summed E-state index contributed by atoms with van der Waals surface area (Å²) in [4.78, 5) is 18.3. The van der Waals surface area contributed by atoms with Crippen molar-refractivity contribution >= 4 is 11.6 Å². The lowest BCUT2D eigenvalue weighted by molar-refractivity contribution is 0.0975. The molecule has 16 heavy (non-hydrogen) atoms. The van der Waals surface area contributed by atoms with Gasteiger partial charge in [0, 0.05) is 6.42 Å². The number of nitrogens with zero attached hydrogens (tertiary/aromatic N) is 1. The first-order valence-corrected chi connectivity index (χ1v) is 5.97. The first kappa shape index (κ1) is 12.7. The molecule has 1 aromatic heterocycles. The van der Waals surface area contributed by atoms with Gasteiger partial charge in [0.05, 0.1) is 6.33 Å². The van der Waals surface area contributed by atoms with Crippen molar-refractivity contribution in [2.24, 2.45) is 5.92 Å². The lowest BCUT2D eigenvalue weighted by Gasteiger charge is -2.06. The number of nitrogens with one attached hydrogen (secondary N) is 1. The second-order valence-electron chi connectivity index (χ2n) is 4.35. The molecule has 1 unspecified atom stereocenters. The number of anilines is 1. The normalized spacial score (nSPS) is 12.6. The van der Waals surface area contributed by atoms with Gasteiger partial charge in [-0.15, -0.1) is 0 Å². The molecule has 4 heteroatoms. The minimum Gasteiger partial charge on any atom is -0.382 e. The first-order chi connectivity index (χ1) is 7.65. The molecule has 0 aromatic carbocycles. The predicted octanol–water partition coefficient (Wildman–Crippen LogP) is 2.78. The Morgan fingerprint density at radius 1 is 1.56 bits per heavy atom. The fourth-order valence-electron chi connectivity index (χ4n) is 1.64. The van der Waals surface area contributed by atoms with Gasteiger partial charge in [-0.3, -0.25) is 4.79 Å². The van der Waals surface area contributed by atoms with Crippen LogP contribution in [0, 0.1) is 5.92 Å². The van der Waals surface area contributed by atoms with Crippen LogP contribution in [0.1, 0.15) is 56.4 Å². The van der Waals surface area contributed by atoms with Gasteiger partial charge >= 0.3 is 0 Å². The number of aromatic nitrogens is 2. The quantitative estimate of drug-likeness (QED) is 0.551. The molecule has 0 aliphatic carbocycles. The molecule has 4 nitrogen and oxygen atoms in total. The highest BCUT2D eigenvalue weighted by atomic mass is 16.1. The monoisotopic (exact) mass is 223 g/mol. The standard InChI is InChI=1S/C12H21N3O/c1-3-9(2)6-4-5-7-10(16)11-12(13)15-8-14-11/h8-9H,3-7,13H2,1-2H3,(H,14,15). The highest BCUT2D eigenvalue weighted by molar-refractivity contribution is 5.98. The van der Waals surface area contributed by atoms with E-state index in [0.717, 1.165) is 18.8 Å². The molecule has 90 valence electrons. The highest BCUT2D eigenvalue weighted by Gasteiger charge is 2.11. The van der Waals surface area contributed by atoms with E-state index in [-0.39, 0.29) is 5.78 Å². The number of imidazole rings is 1. The number of nitrogen functional groups attached to an aromatic ring is 1. The Morgan fingerprint density at radius 3 is 2.88 bits per heavy atom. The van der Waals surface area contributed by atoms with Crippen LogP contribution in [-0.4, -0.2) is 15.8 Å². The number of rotatable bonds is 7. The van der Waals surface area contributed by atoms with Crippen LogP contribution in [0.15, 0.2) is 6.33 Å². The van der Waals surface area contributed by atoms with Gasteiger partial charge in [0.1, 0.15) is 5.69 Å². The molecule has 3 N–H and O–H groups in total. The number of aromatic amines is 1. The van der Waals surface area contributed by atoms with Gasteiger partial charge in [0.25, 0.3) is 0 Å². The number of hydrogen-bond acceptors (Lipinski definition) is 3. The SMILES string of the molecule is CCC(C)CCCCC(=O)c1[nH]cnc1N. The Morgan fingerprint density at radius 2 is 2.31 bits per heavy atom. The van der Waals surface area contributed by atoms with E-state index in [4.69, 9.17) is 5.73 Å². The van der Waals surface area contributed by atoms with Crippen molar-refractivity contribution in [3.63, 3.8) is 0 Å². The maximum atomic E-state index is 11.7. The number of carbonyl (C=O) groups is 1. The molecule has 0 saturated carbocycles. The summed E-state index contributed by atoms with van der Waals surface area (Å²) in [5.74, 6) is 1.14. The zero-order chi connectivity index (χ0) is 12.0. The van der Waals surface area contributed by atoms with Crippen LogP contribution in [0.25, 0.3) is 0 Å². The maximum absolute atomic E-state index is 11.7. The van der Waals surface area contributed by atoms with Crippen LogP contribution in [0.3, 0.4) is 0 Å². The summed E-state index contributed by atoms with van der Waals surface area (Å²) in [5, 5.41) is 0. The molecule has 0 aliphatic rings. The van der Waals surface area contributed by atoms with Gasteiger partial charge in [0.15, 0.2) is 11.6 Å². The molecular formula is C12H21N3O. The minimum absolute atomic E-state index is 0.0687. The summed E-state index contributed by atoms with van der Waals surface area (Å²) >= 11 is 0. The number of nitrogens with two attached hydrogens (primary N) is 1. The summed E-state index contributed by atoms with van der Waals surface area (Å²) in [7, 11) is 0. The molecule has 0 radical (unpaired) electrons. The molecule has 0 spiro atoms. The Balaban J connectivity index is 2.24. The van der Waals surface area contributed by atoms with Crippen molar-refractivity contribution in [2.75, 3.05) is 5.73 Å². The second kappa shape index (κ2) is 6.30. The Bertz CT molecular complexity index is 333. The van der Waals surface area contributed by atoms with E-state index in [0.29, 0.717) is 17.9 Å². The van der Waals surface area contributed by atoms with E-state index >= 15 is 0 Å². The first-order valence-electron chi connectivity index (χ1n) is 5.97. The molecule has 1 heterocycles. The van der Waals surface area contributed by atoms with Crippen LogP contribution < -0.4 is 5.73 Å². The minimum atomic E-state index is 0.0687. The molecule has 0 aliphatic heterocycles. The number of ketones is 1. The summed E-state index contributed by atoms with van der Waals surface area (Å²) in [6.45, 7) is 4.44. The van der Waals surface area contributed by atoms with E-state index < -0.39 is 0 Å². The fourth-order valence-corrected chi connectivity index (χ4v) is 1.64. The number of carbonyl (C=O) groups excluding carboxylic acids is 1. The van der Waals surface area contributed by atoms with E-state index in [1.165, 1.54) is 19.2 Å². The van der Waals surface area contributed by atoms with Crippen LogP contribution in [0.4, 0.5) is 5.82 Å². The Kier molecular flexibility index (Phi) is 5.02. The van der Waals surface area contributed by atoms with Crippen molar-refractivity contribution in [3.8, 4) is 0 Å². The Labute approximate surface area is 96.6 Å². The summed E-state index contributed by atoms with van der Waals surface area (Å²) in [6, 6.07) is 0. The van der Waals surface area contributed by atoms with Gasteiger partial charge in [-0.2, -0.15) is 0 Å². The van der Waals surface area contributed by atoms with Gasteiger partial charge in [0.2, 0.25) is 0 Å². The fraction of sp³-hybridized carbons (Fsp3) is 0.667. The lowest BCUT2D eigenvalue weighted by Crippen LogP contribution is -2.03. The van der Waals surface area contributed by atoms with Crippen molar-refractivity contribution in [2.45, 2.75) is 46.0 Å². The molecule has 1 rings (SSSR count). The van der Waals surface area contributed by atoms with Crippen LogP contribution in [0.5, 0.6) is 0 Å². The number of unbranched alkanes of at least 4 members (excludes halogenated alkanes) is 1. The topological polar surface area (TPSA) is 71.8 Å². The average Bonchev–Trinajstić information content (AvgIpc) is 2.70. The molecule has 0 bridgehead atoms. The van der Waals surface area contributed by atoms with E-state index in [1.807, 2.05) is 0 Å². The molecular weight excluding hydrogens is 202 g/mol. The number of hydrogen-bond donors (Lipinski definition) is 2. The van der Waals surface area contributed by atoms with Crippen molar-refractivity contribution in [1.82, 2.24) is 9.97 Å². The average molecular weight is 223 g/mol. The molecule has 0 fully saturated rings. The van der Waals surface area contributed by atoms with E-state index in [2.05, 4.69) is 23.8 Å². The van der Waals surface area contributed by atoms with E-state index in [9.17, 15) is 4.79 Å². The van der Waals surface area contributed by atoms with Crippen molar-refractivity contribution < 1.29 is 4.79 Å². The lowest BCUT2D eigenvalue weighted by atomic mass is 10.00. The van der Waals surface area contributed by atoms with Gasteiger partial charge in [-0.25, -0.2) is 4.98 Å². The second-order valence-corrected chi connectivity index (χ2v) is 4.35. The molecule has 1 aromatic rings. The predicted molar refractivity (Wildman–Crippen MR) is 65.3 cm³/mol. The van der Waals surface area contributed by atoms with Crippen LogP contribution >= 0.6 is 0 Å². The Hall–Kier alpha value is -1.32. The largest absolute Gasteiger partial charge is 0.382 e. The molecule has 0 saturated heterocycles.